The third-order valence-corrected chi connectivity index (χ3v) is 4.22. The van der Waals surface area contributed by atoms with Crippen molar-refractivity contribution < 1.29 is 4.79 Å². The highest BCUT2D eigenvalue weighted by Crippen LogP contribution is 2.29. The van der Waals surface area contributed by atoms with E-state index in [2.05, 4.69) is 21.2 Å². The summed E-state index contributed by atoms with van der Waals surface area (Å²) in [5.74, 6) is -0.337. The molecule has 0 fully saturated rings. The molecule has 2 rings (SSSR count). The summed E-state index contributed by atoms with van der Waals surface area (Å²) >= 11 is 21.1. The van der Waals surface area contributed by atoms with Crippen LogP contribution >= 0.6 is 50.7 Å². The van der Waals surface area contributed by atoms with Gasteiger partial charge in [-0.1, -0.05) is 40.9 Å². The monoisotopic (exact) mass is 377 g/mol. The Labute approximate surface area is 133 Å². The number of nitrogens with one attached hydrogen (secondary N) is 1. The molecule has 0 saturated carbocycles. The van der Waals surface area contributed by atoms with E-state index < -0.39 is 0 Å². The van der Waals surface area contributed by atoms with E-state index in [1.807, 2.05) is 0 Å². The maximum Gasteiger partial charge on any atom is 0.257 e. The topological polar surface area (TPSA) is 29.1 Å². The fourth-order valence-corrected chi connectivity index (χ4v) is 2.49. The van der Waals surface area contributed by atoms with Gasteiger partial charge in [0.2, 0.25) is 0 Å². The lowest BCUT2D eigenvalue weighted by Crippen LogP contribution is -2.12. The highest BCUT2D eigenvalue weighted by Gasteiger charge is 2.13. The van der Waals surface area contributed by atoms with Gasteiger partial charge in [-0.25, -0.2) is 0 Å². The molecule has 0 radical (unpaired) electrons. The first kappa shape index (κ1) is 14.7. The third kappa shape index (κ3) is 3.42. The van der Waals surface area contributed by atoms with Crippen LogP contribution in [0.2, 0.25) is 15.1 Å². The molecule has 19 heavy (non-hydrogen) atoms. The fourth-order valence-electron chi connectivity index (χ4n) is 1.46. The van der Waals surface area contributed by atoms with E-state index in [0.29, 0.717) is 30.8 Å². The van der Waals surface area contributed by atoms with E-state index in [1.54, 1.807) is 36.4 Å². The van der Waals surface area contributed by atoms with Crippen LogP contribution in [-0.4, -0.2) is 5.91 Å². The molecule has 0 bridgehead atoms. The van der Waals surface area contributed by atoms with Crippen molar-refractivity contribution in [3.8, 4) is 0 Å². The van der Waals surface area contributed by atoms with E-state index in [1.165, 1.54) is 0 Å². The van der Waals surface area contributed by atoms with Gasteiger partial charge in [-0.3, -0.25) is 4.79 Å². The maximum absolute atomic E-state index is 12.1. The summed E-state index contributed by atoms with van der Waals surface area (Å²) in [4.78, 5) is 12.1. The molecule has 0 spiro atoms. The van der Waals surface area contributed by atoms with E-state index >= 15 is 0 Å². The van der Waals surface area contributed by atoms with Crippen LogP contribution in [0.4, 0.5) is 5.69 Å². The Bertz CT molecular complexity index is 646. The Balaban J connectivity index is 2.28. The van der Waals surface area contributed by atoms with Crippen LogP contribution in [0.15, 0.2) is 40.9 Å². The van der Waals surface area contributed by atoms with Crippen LogP contribution in [0, 0.1) is 0 Å². The van der Waals surface area contributed by atoms with Crippen LogP contribution in [0.1, 0.15) is 10.4 Å². The smallest absolute Gasteiger partial charge is 0.257 e. The van der Waals surface area contributed by atoms with Gasteiger partial charge in [0.05, 0.1) is 21.3 Å². The molecule has 1 amide bonds. The Morgan fingerprint density at radius 2 is 1.84 bits per heavy atom. The molecule has 0 aliphatic heterocycles. The second kappa shape index (κ2) is 6.14. The summed E-state index contributed by atoms with van der Waals surface area (Å²) in [6, 6.07) is 9.95. The van der Waals surface area contributed by atoms with E-state index in [9.17, 15) is 4.79 Å². The zero-order chi connectivity index (χ0) is 14.0. The van der Waals surface area contributed by atoms with Gasteiger partial charge in [0.1, 0.15) is 0 Å². The first-order valence-electron chi connectivity index (χ1n) is 5.19. The number of hydrogen-bond acceptors (Lipinski definition) is 1. The lowest BCUT2D eigenvalue weighted by atomic mass is 10.2. The molecule has 0 aromatic heterocycles. The number of rotatable bonds is 2. The first-order valence-corrected chi connectivity index (χ1v) is 7.12. The molecule has 1 N–H and O–H groups in total. The molecule has 0 aliphatic carbocycles. The van der Waals surface area contributed by atoms with Gasteiger partial charge in [0.25, 0.3) is 5.91 Å². The van der Waals surface area contributed by atoms with E-state index in [4.69, 9.17) is 34.8 Å². The maximum atomic E-state index is 12.1. The number of carbonyl (C=O) groups is 1. The molecule has 0 atom stereocenters. The minimum Gasteiger partial charge on any atom is -0.321 e. The number of carbonyl (C=O) groups excluding carboxylic acids is 1. The predicted octanol–water partition coefficient (Wildman–Crippen LogP) is 5.66. The highest BCUT2D eigenvalue weighted by molar-refractivity contribution is 9.10. The molecule has 6 heteroatoms. The quantitative estimate of drug-likeness (QED) is 0.716. The molecule has 0 heterocycles. The second-order valence-corrected chi connectivity index (χ2v) is 5.76. The van der Waals surface area contributed by atoms with Gasteiger partial charge in [-0.05, 0) is 46.3 Å². The summed E-state index contributed by atoms with van der Waals surface area (Å²) < 4.78 is 0.656. The second-order valence-electron chi connectivity index (χ2n) is 3.68. The van der Waals surface area contributed by atoms with Gasteiger partial charge in [-0.15, -0.1) is 0 Å². The normalized spacial score (nSPS) is 10.3. The van der Waals surface area contributed by atoms with E-state index in [0.717, 1.165) is 0 Å². The zero-order valence-corrected chi connectivity index (χ0v) is 13.2. The van der Waals surface area contributed by atoms with E-state index in [-0.39, 0.29) is 5.91 Å². The largest absolute Gasteiger partial charge is 0.321 e. The van der Waals surface area contributed by atoms with Crippen LogP contribution < -0.4 is 5.32 Å². The summed E-state index contributed by atoms with van der Waals surface area (Å²) in [5, 5.41) is 3.91. The summed E-state index contributed by atoms with van der Waals surface area (Å²) in [6.45, 7) is 0. The minimum absolute atomic E-state index is 0.337. The number of halogens is 4. The number of anilines is 1. The highest BCUT2D eigenvalue weighted by atomic mass is 79.9. The molecule has 0 saturated heterocycles. The first-order chi connectivity index (χ1) is 8.99. The van der Waals surface area contributed by atoms with Gasteiger partial charge in [0.15, 0.2) is 0 Å². The van der Waals surface area contributed by atoms with Crippen molar-refractivity contribution in [2.45, 2.75) is 0 Å². The zero-order valence-electron chi connectivity index (χ0n) is 9.38. The lowest BCUT2D eigenvalue weighted by Gasteiger charge is -2.09. The van der Waals surface area contributed by atoms with Crippen LogP contribution in [-0.2, 0) is 0 Å². The van der Waals surface area contributed by atoms with Crippen molar-refractivity contribution in [3.63, 3.8) is 0 Å². The SMILES string of the molecule is O=C(Nc1ccc(Cl)cc1Cl)c1cccc(Br)c1Cl. The average Bonchev–Trinajstić information content (AvgIpc) is 2.36. The number of amides is 1. The van der Waals surface area contributed by atoms with Crippen molar-refractivity contribution in [3.05, 3.63) is 61.5 Å². The van der Waals surface area contributed by atoms with Gasteiger partial charge in [-0.2, -0.15) is 0 Å². The third-order valence-electron chi connectivity index (χ3n) is 2.38. The molecule has 2 aromatic rings. The Hall–Kier alpha value is -0.740. The number of benzene rings is 2. The number of hydrogen-bond donors (Lipinski definition) is 1. The van der Waals surface area contributed by atoms with Gasteiger partial charge < -0.3 is 5.32 Å². The lowest BCUT2D eigenvalue weighted by molar-refractivity contribution is 0.102. The molecule has 0 unspecified atom stereocenters. The van der Waals surface area contributed by atoms with Gasteiger partial charge >= 0.3 is 0 Å². The van der Waals surface area contributed by atoms with Crippen molar-refractivity contribution in [1.29, 1.82) is 0 Å². The Kier molecular flexibility index (Phi) is 4.74. The predicted molar refractivity (Wildman–Crippen MR) is 83.6 cm³/mol. The summed E-state index contributed by atoms with van der Waals surface area (Å²) in [5.41, 5.74) is 0.842. The molecular weight excluding hydrogens is 372 g/mol. The molecule has 98 valence electrons. The van der Waals surface area contributed by atoms with Crippen LogP contribution in [0.5, 0.6) is 0 Å². The Morgan fingerprint density at radius 3 is 2.53 bits per heavy atom. The van der Waals surface area contributed by atoms with Crippen molar-refractivity contribution in [1.82, 2.24) is 0 Å². The van der Waals surface area contributed by atoms with Crippen LogP contribution in [0.3, 0.4) is 0 Å². The van der Waals surface area contributed by atoms with Crippen molar-refractivity contribution in [2.75, 3.05) is 5.32 Å². The molecule has 2 aromatic carbocycles. The standard InChI is InChI=1S/C13H7BrCl3NO/c14-9-3-1-2-8(12(9)17)13(19)18-11-5-4-7(15)6-10(11)16/h1-6H,(H,18,19). The van der Waals surface area contributed by atoms with Gasteiger partial charge in [0, 0.05) is 9.50 Å². The minimum atomic E-state index is -0.337. The summed E-state index contributed by atoms with van der Waals surface area (Å²) in [7, 11) is 0. The summed E-state index contributed by atoms with van der Waals surface area (Å²) in [6.07, 6.45) is 0. The molecular formula is C13H7BrCl3NO. The molecule has 2 nitrogen and oxygen atoms in total. The fraction of sp³-hybridized carbons (Fsp3) is 0. The van der Waals surface area contributed by atoms with Crippen molar-refractivity contribution in [2.24, 2.45) is 0 Å². The Morgan fingerprint density at radius 1 is 1.11 bits per heavy atom. The molecule has 0 aliphatic rings. The van der Waals surface area contributed by atoms with Crippen LogP contribution in [0.25, 0.3) is 0 Å². The average molecular weight is 379 g/mol. The van der Waals surface area contributed by atoms with Crippen molar-refractivity contribution >= 4 is 62.3 Å².